The Labute approximate surface area is 151 Å². The third kappa shape index (κ3) is 3.79. The molecule has 0 radical (unpaired) electrons. The topological polar surface area (TPSA) is 125 Å². The molecule has 1 aromatic rings. The number of nitrogens with zero attached hydrogens (tertiary/aromatic N) is 1. The molecule has 3 N–H and O–H groups in total. The molecule has 26 heavy (non-hydrogen) atoms. The monoisotopic (exact) mass is 361 g/mol. The van der Waals surface area contributed by atoms with E-state index >= 15 is 0 Å². The maximum Gasteiger partial charge on any atom is 0.340 e. The molecule has 2 fully saturated rings. The molecular formula is C18H23N3O5. The van der Waals surface area contributed by atoms with Crippen LogP contribution < -0.4 is 11.1 Å². The summed E-state index contributed by atoms with van der Waals surface area (Å²) in [7, 11) is 0. The van der Waals surface area contributed by atoms with Crippen molar-refractivity contribution in [2.24, 2.45) is 17.8 Å². The number of esters is 1. The second-order valence-corrected chi connectivity index (χ2v) is 7.30. The number of nitro benzene ring substituents is 1. The number of nitrogen functional groups attached to an aromatic ring is 1. The molecule has 0 unspecified atom stereocenters. The van der Waals surface area contributed by atoms with Crippen molar-refractivity contribution < 1.29 is 19.2 Å². The maximum absolute atomic E-state index is 12.1. The van der Waals surface area contributed by atoms with Crippen LogP contribution in [0.5, 0.6) is 0 Å². The quantitative estimate of drug-likeness (QED) is 0.347. The Kier molecular flexibility index (Phi) is 5.11. The fourth-order valence-corrected chi connectivity index (χ4v) is 4.37. The Balaban J connectivity index is 1.49. The highest BCUT2D eigenvalue weighted by molar-refractivity contribution is 5.96. The minimum absolute atomic E-state index is 0.00421. The van der Waals surface area contributed by atoms with Gasteiger partial charge in [-0.15, -0.1) is 0 Å². The first-order valence-electron chi connectivity index (χ1n) is 8.85. The van der Waals surface area contributed by atoms with Gasteiger partial charge < -0.3 is 15.8 Å². The summed E-state index contributed by atoms with van der Waals surface area (Å²) in [6, 6.07) is 3.55. The number of anilines is 1. The van der Waals surface area contributed by atoms with Gasteiger partial charge in [-0.3, -0.25) is 14.9 Å². The van der Waals surface area contributed by atoms with Crippen LogP contribution in [0, 0.1) is 27.9 Å². The molecule has 0 aliphatic heterocycles. The van der Waals surface area contributed by atoms with Gasteiger partial charge in [-0.25, -0.2) is 4.79 Å². The van der Waals surface area contributed by atoms with E-state index in [2.05, 4.69) is 5.32 Å². The van der Waals surface area contributed by atoms with E-state index < -0.39 is 17.5 Å². The van der Waals surface area contributed by atoms with E-state index in [-0.39, 0.29) is 28.9 Å². The lowest BCUT2D eigenvalue weighted by Gasteiger charge is -2.28. The van der Waals surface area contributed by atoms with Crippen LogP contribution in [0.25, 0.3) is 0 Å². The van der Waals surface area contributed by atoms with E-state index in [1.54, 1.807) is 0 Å². The zero-order valence-electron chi connectivity index (χ0n) is 14.6. The number of benzene rings is 1. The fourth-order valence-electron chi connectivity index (χ4n) is 4.37. The molecular weight excluding hydrogens is 338 g/mol. The number of carbonyl (C=O) groups excluding carboxylic acids is 2. The van der Waals surface area contributed by atoms with Crippen molar-refractivity contribution in [3.8, 4) is 0 Å². The number of hydrogen-bond donors (Lipinski definition) is 2. The summed E-state index contributed by atoms with van der Waals surface area (Å²) in [6.45, 7) is 1.60. The molecule has 4 atom stereocenters. The van der Waals surface area contributed by atoms with Crippen LogP contribution >= 0.6 is 0 Å². The molecule has 0 saturated heterocycles. The average Bonchev–Trinajstić information content (AvgIpc) is 3.22. The van der Waals surface area contributed by atoms with Gasteiger partial charge >= 0.3 is 5.97 Å². The maximum atomic E-state index is 12.1. The molecule has 8 nitrogen and oxygen atoms in total. The van der Waals surface area contributed by atoms with Gasteiger partial charge in [0.1, 0.15) is 0 Å². The molecule has 2 saturated carbocycles. The third-order valence-corrected chi connectivity index (χ3v) is 5.62. The van der Waals surface area contributed by atoms with E-state index in [4.69, 9.17) is 10.5 Å². The lowest BCUT2D eigenvalue weighted by molar-refractivity contribution is -0.384. The van der Waals surface area contributed by atoms with Crippen LogP contribution in [0.15, 0.2) is 18.2 Å². The minimum Gasteiger partial charge on any atom is -0.452 e. The van der Waals surface area contributed by atoms with Crippen LogP contribution in [-0.4, -0.2) is 29.4 Å². The molecule has 8 heteroatoms. The molecule has 0 aromatic heterocycles. The molecule has 1 amide bonds. The van der Waals surface area contributed by atoms with E-state index in [0.717, 1.165) is 18.4 Å². The Morgan fingerprint density at radius 3 is 2.73 bits per heavy atom. The van der Waals surface area contributed by atoms with Gasteiger partial charge in [0.25, 0.3) is 11.6 Å². The number of rotatable bonds is 6. The summed E-state index contributed by atoms with van der Waals surface area (Å²) in [5.74, 6) is 0.859. The molecule has 140 valence electrons. The summed E-state index contributed by atoms with van der Waals surface area (Å²) in [6.07, 6.45) is 4.96. The second-order valence-electron chi connectivity index (χ2n) is 7.30. The first-order chi connectivity index (χ1) is 12.3. The van der Waals surface area contributed by atoms with Crippen LogP contribution in [0.1, 0.15) is 43.0 Å². The molecule has 3 rings (SSSR count). The summed E-state index contributed by atoms with van der Waals surface area (Å²) in [5, 5.41) is 13.6. The lowest BCUT2D eigenvalue weighted by Crippen LogP contribution is -2.42. The van der Waals surface area contributed by atoms with Crippen molar-refractivity contribution in [2.75, 3.05) is 12.3 Å². The van der Waals surface area contributed by atoms with Gasteiger partial charge in [0.05, 0.1) is 16.2 Å². The zero-order chi connectivity index (χ0) is 18.8. The van der Waals surface area contributed by atoms with Crippen molar-refractivity contribution in [1.29, 1.82) is 0 Å². The standard InChI is InChI=1S/C18H23N3O5/c1-10(15-7-11-2-3-12(15)6-11)20-17(22)9-26-18(23)14-5-4-13(21(24)25)8-16(14)19/h4-5,8,10-12,15H,2-3,6-7,9,19H2,1H3,(H,20,22)/t10-,11-,12-,15-/m1/s1. The Bertz CT molecular complexity index is 736. The molecule has 1 aromatic carbocycles. The van der Waals surface area contributed by atoms with E-state index in [1.807, 2.05) is 6.92 Å². The van der Waals surface area contributed by atoms with Crippen molar-refractivity contribution in [3.05, 3.63) is 33.9 Å². The first kappa shape index (κ1) is 18.2. The Morgan fingerprint density at radius 1 is 1.38 bits per heavy atom. The molecule has 0 spiro atoms. The number of fused-ring (bicyclic) bond motifs is 2. The van der Waals surface area contributed by atoms with Gasteiger partial charge in [-0.1, -0.05) is 6.42 Å². The molecule has 2 aliphatic carbocycles. The minimum atomic E-state index is -0.778. The number of hydrogen-bond acceptors (Lipinski definition) is 6. The highest BCUT2D eigenvalue weighted by Gasteiger charge is 2.42. The van der Waals surface area contributed by atoms with Crippen molar-refractivity contribution in [2.45, 2.75) is 38.6 Å². The van der Waals surface area contributed by atoms with Crippen LogP contribution in [-0.2, 0) is 9.53 Å². The zero-order valence-corrected chi connectivity index (χ0v) is 14.6. The average molecular weight is 361 g/mol. The normalized spacial score (nSPS) is 24.9. The number of nitrogens with one attached hydrogen (secondary N) is 1. The van der Waals surface area contributed by atoms with Crippen LogP contribution in [0.2, 0.25) is 0 Å². The Morgan fingerprint density at radius 2 is 2.15 bits per heavy atom. The van der Waals surface area contributed by atoms with Crippen molar-refractivity contribution >= 4 is 23.3 Å². The SMILES string of the molecule is C[C@@H](NC(=O)COC(=O)c1ccc([N+](=O)[O-])cc1N)[C@H]1C[C@@H]2CC[C@@H]1C2. The fraction of sp³-hybridized carbons (Fsp3) is 0.556. The highest BCUT2D eigenvalue weighted by Crippen LogP contribution is 2.49. The molecule has 2 bridgehead atoms. The predicted molar refractivity (Wildman–Crippen MR) is 94.3 cm³/mol. The number of nitrogens with two attached hydrogens (primary N) is 1. The predicted octanol–water partition coefficient (Wildman–Crippen LogP) is 2.27. The van der Waals surface area contributed by atoms with E-state index in [1.165, 1.54) is 31.4 Å². The third-order valence-electron chi connectivity index (χ3n) is 5.62. The van der Waals surface area contributed by atoms with Crippen LogP contribution in [0.4, 0.5) is 11.4 Å². The molecule has 2 aliphatic rings. The van der Waals surface area contributed by atoms with Gasteiger partial charge in [-0.05, 0) is 50.0 Å². The number of amides is 1. The summed E-state index contributed by atoms with van der Waals surface area (Å²) < 4.78 is 5.00. The number of carbonyl (C=O) groups is 2. The van der Waals surface area contributed by atoms with Gasteiger partial charge in [0.2, 0.25) is 0 Å². The summed E-state index contributed by atoms with van der Waals surface area (Å²) in [5.41, 5.74) is 5.40. The van der Waals surface area contributed by atoms with Gasteiger partial charge in [-0.2, -0.15) is 0 Å². The first-order valence-corrected chi connectivity index (χ1v) is 8.85. The summed E-state index contributed by atoms with van der Waals surface area (Å²) in [4.78, 5) is 34.2. The smallest absolute Gasteiger partial charge is 0.340 e. The highest BCUT2D eigenvalue weighted by atomic mass is 16.6. The summed E-state index contributed by atoms with van der Waals surface area (Å²) >= 11 is 0. The second kappa shape index (κ2) is 7.31. The van der Waals surface area contributed by atoms with E-state index in [9.17, 15) is 19.7 Å². The number of ether oxygens (including phenoxy) is 1. The van der Waals surface area contributed by atoms with Crippen molar-refractivity contribution in [1.82, 2.24) is 5.32 Å². The van der Waals surface area contributed by atoms with Crippen molar-refractivity contribution in [3.63, 3.8) is 0 Å². The van der Waals surface area contributed by atoms with E-state index in [0.29, 0.717) is 11.8 Å². The number of nitro groups is 1. The lowest BCUT2D eigenvalue weighted by atomic mass is 9.84. The molecule has 0 heterocycles. The van der Waals surface area contributed by atoms with Crippen LogP contribution in [0.3, 0.4) is 0 Å². The van der Waals surface area contributed by atoms with Gasteiger partial charge in [0, 0.05) is 18.2 Å². The Hall–Kier alpha value is -2.64. The number of non-ortho nitro benzene ring substituents is 1. The van der Waals surface area contributed by atoms with Gasteiger partial charge in [0.15, 0.2) is 6.61 Å². The largest absolute Gasteiger partial charge is 0.452 e.